The maximum atomic E-state index is 12.0. The fraction of sp³-hybridized carbons (Fsp3) is 0.500. The van der Waals surface area contributed by atoms with E-state index < -0.39 is 0 Å². The molecule has 5 nitrogen and oxygen atoms in total. The lowest BCUT2D eigenvalue weighted by Crippen LogP contribution is -2.28. The van der Waals surface area contributed by atoms with Gasteiger partial charge in [0.25, 0.3) is 5.91 Å². The summed E-state index contributed by atoms with van der Waals surface area (Å²) >= 11 is 0. The number of aromatic nitrogens is 1. The van der Waals surface area contributed by atoms with E-state index in [2.05, 4.69) is 22.1 Å². The van der Waals surface area contributed by atoms with Crippen LogP contribution >= 0.6 is 0 Å². The number of rotatable bonds is 5. The number of nitrogens with zero attached hydrogens (tertiary/aromatic N) is 1. The number of amides is 1. The van der Waals surface area contributed by atoms with Crippen LogP contribution in [0.4, 0.5) is 0 Å². The quantitative estimate of drug-likeness (QED) is 0.627. The summed E-state index contributed by atoms with van der Waals surface area (Å²) in [6.07, 6.45) is 8.29. The molecule has 1 heterocycles. The van der Waals surface area contributed by atoms with Gasteiger partial charge in [0, 0.05) is 24.5 Å². The van der Waals surface area contributed by atoms with Crippen molar-refractivity contribution in [1.29, 1.82) is 0 Å². The number of ether oxygens (including phenoxy) is 1. The number of carbonyl (C=O) groups excluding carboxylic acids is 1. The molecular formula is C16H21N3O2. The van der Waals surface area contributed by atoms with E-state index >= 15 is 0 Å². The summed E-state index contributed by atoms with van der Waals surface area (Å²) in [5.74, 6) is 5.44. The molecule has 0 bridgehead atoms. The zero-order chi connectivity index (χ0) is 14.9. The summed E-state index contributed by atoms with van der Waals surface area (Å²) < 4.78 is 5.70. The van der Waals surface area contributed by atoms with Crippen LogP contribution in [0.5, 0.6) is 0 Å². The Labute approximate surface area is 125 Å². The Balaban J connectivity index is 1.77. The van der Waals surface area contributed by atoms with Crippen molar-refractivity contribution in [2.24, 2.45) is 5.73 Å². The fourth-order valence-electron chi connectivity index (χ4n) is 2.33. The van der Waals surface area contributed by atoms with Gasteiger partial charge in [-0.1, -0.05) is 24.7 Å². The molecule has 1 aliphatic carbocycles. The molecule has 112 valence electrons. The zero-order valence-corrected chi connectivity index (χ0v) is 12.1. The first-order valence-electron chi connectivity index (χ1n) is 7.33. The zero-order valence-electron chi connectivity index (χ0n) is 12.1. The molecule has 1 saturated carbocycles. The fourth-order valence-corrected chi connectivity index (χ4v) is 2.33. The molecule has 2 rings (SSSR count). The first kappa shape index (κ1) is 15.5. The SMILES string of the molecule is NCC#Cc1cncc(C(=O)NCCOC2CCCC2)c1. The van der Waals surface area contributed by atoms with Crippen molar-refractivity contribution in [3.63, 3.8) is 0 Å². The average Bonchev–Trinajstić information content (AvgIpc) is 3.03. The van der Waals surface area contributed by atoms with Gasteiger partial charge in [0.2, 0.25) is 0 Å². The van der Waals surface area contributed by atoms with Crippen molar-refractivity contribution in [2.45, 2.75) is 31.8 Å². The molecule has 0 spiro atoms. The second-order valence-electron chi connectivity index (χ2n) is 5.00. The summed E-state index contributed by atoms with van der Waals surface area (Å²) in [6.45, 7) is 1.35. The maximum absolute atomic E-state index is 12.0. The lowest BCUT2D eigenvalue weighted by atomic mass is 10.2. The van der Waals surface area contributed by atoms with Crippen molar-refractivity contribution >= 4 is 5.91 Å². The van der Waals surface area contributed by atoms with Gasteiger partial charge in [-0.05, 0) is 18.9 Å². The molecule has 0 radical (unpaired) electrons. The number of hydrogen-bond donors (Lipinski definition) is 2. The highest BCUT2D eigenvalue weighted by Crippen LogP contribution is 2.20. The topological polar surface area (TPSA) is 77.2 Å². The van der Waals surface area contributed by atoms with Crippen LogP contribution < -0.4 is 11.1 Å². The van der Waals surface area contributed by atoms with E-state index in [4.69, 9.17) is 10.5 Å². The summed E-state index contributed by atoms with van der Waals surface area (Å²) in [4.78, 5) is 16.0. The Kier molecular flexibility index (Phi) is 6.20. The molecule has 1 amide bonds. The van der Waals surface area contributed by atoms with Gasteiger partial charge in [-0.25, -0.2) is 0 Å². The molecule has 1 aliphatic rings. The van der Waals surface area contributed by atoms with E-state index in [0.717, 1.165) is 12.8 Å². The lowest BCUT2D eigenvalue weighted by molar-refractivity contribution is 0.0582. The molecule has 1 aromatic rings. The highest BCUT2D eigenvalue weighted by atomic mass is 16.5. The summed E-state index contributed by atoms with van der Waals surface area (Å²) in [5.41, 5.74) is 6.51. The van der Waals surface area contributed by atoms with Crippen LogP contribution in [0.3, 0.4) is 0 Å². The minimum absolute atomic E-state index is 0.158. The standard InChI is InChI=1S/C16H21N3O2/c17-7-3-4-13-10-14(12-18-11-13)16(20)19-8-9-21-15-5-1-2-6-15/h10-12,15H,1-2,5-9,17H2,(H,19,20). The van der Waals surface area contributed by atoms with E-state index in [-0.39, 0.29) is 12.5 Å². The Morgan fingerprint density at radius 3 is 3.00 bits per heavy atom. The van der Waals surface area contributed by atoms with Crippen molar-refractivity contribution < 1.29 is 9.53 Å². The van der Waals surface area contributed by atoms with E-state index in [1.165, 1.54) is 19.0 Å². The van der Waals surface area contributed by atoms with Crippen LogP contribution in [0.25, 0.3) is 0 Å². The summed E-state index contributed by atoms with van der Waals surface area (Å²) in [7, 11) is 0. The minimum atomic E-state index is -0.158. The van der Waals surface area contributed by atoms with E-state index in [1.807, 2.05) is 0 Å². The van der Waals surface area contributed by atoms with E-state index in [9.17, 15) is 4.79 Å². The molecule has 5 heteroatoms. The van der Waals surface area contributed by atoms with Crippen LogP contribution in [-0.4, -0.2) is 36.7 Å². The van der Waals surface area contributed by atoms with Gasteiger partial charge >= 0.3 is 0 Å². The van der Waals surface area contributed by atoms with Gasteiger partial charge in [0.1, 0.15) is 0 Å². The van der Waals surface area contributed by atoms with Crippen LogP contribution in [-0.2, 0) is 4.74 Å². The van der Waals surface area contributed by atoms with Gasteiger partial charge < -0.3 is 15.8 Å². The smallest absolute Gasteiger partial charge is 0.252 e. The molecule has 0 saturated heterocycles. The summed E-state index contributed by atoms with van der Waals surface area (Å²) in [5, 5.41) is 2.83. The first-order chi connectivity index (χ1) is 10.3. The van der Waals surface area contributed by atoms with Crippen molar-refractivity contribution in [1.82, 2.24) is 10.3 Å². The molecule has 0 atom stereocenters. The van der Waals surface area contributed by atoms with Crippen molar-refractivity contribution in [3.8, 4) is 11.8 Å². The second-order valence-corrected chi connectivity index (χ2v) is 5.00. The Bertz CT molecular complexity index is 528. The Morgan fingerprint density at radius 2 is 2.24 bits per heavy atom. The number of nitrogens with one attached hydrogen (secondary N) is 1. The van der Waals surface area contributed by atoms with E-state index in [0.29, 0.717) is 30.4 Å². The molecule has 3 N–H and O–H groups in total. The maximum Gasteiger partial charge on any atom is 0.252 e. The Morgan fingerprint density at radius 1 is 1.43 bits per heavy atom. The van der Waals surface area contributed by atoms with Crippen LogP contribution in [0, 0.1) is 11.8 Å². The highest BCUT2D eigenvalue weighted by Gasteiger charge is 2.15. The first-order valence-corrected chi connectivity index (χ1v) is 7.33. The normalized spacial score (nSPS) is 14.5. The molecule has 1 fully saturated rings. The van der Waals surface area contributed by atoms with Gasteiger partial charge in [-0.15, -0.1) is 0 Å². The lowest BCUT2D eigenvalue weighted by Gasteiger charge is -2.11. The molecule has 21 heavy (non-hydrogen) atoms. The van der Waals surface area contributed by atoms with Crippen LogP contribution in [0.15, 0.2) is 18.5 Å². The molecule has 1 aromatic heterocycles. The Hall–Kier alpha value is -1.90. The van der Waals surface area contributed by atoms with Crippen LogP contribution in [0.2, 0.25) is 0 Å². The van der Waals surface area contributed by atoms with Gasteiger partial charge in [-0.3, -0.25) is 9.78 Å². The molecule has 0 aliphatic heterocycles. The molecule has 0 unspecified atom stereocenters. The third-order valence-corrected chi connectivity index (χ3v) is 3.38. The highest BCUT2D eigenvalue weighted by molar-refractivity contribution is 5.94. The van der Waals surface area contributed by atoms with Gasteiger partial charge in [0.15, 0.2) is 0 Å². The predicted octanol–water partition coefficient (Wildman–Crippen LogP) is 1.08. The number of hydrogen-bond acceptors (Lipinski definition) is 4. The van der Waals surface area contributed by atoms with Gasteiger partial charge in [-0.2, -0.15) is 0 Å². The third-order valence-electron chi connectivity index (χ3n) is 3.38. The summed E-state index contributed by atoms with van der Waals surface area (Å²) in [6, 6.07) is 1.71. The number of nitrogens with two attached hydrogens (primary N) is 1. The largest absolute Gasteiger partial charge is 0.376 e. The predicted molar refractivity (Wildman–Crippen MR) is 80.7 cm³/mol. The number of carbonyl (C=O) groups is 1. The van der Waals surface area contributed by atoms with Crippen LogP contribution in [0.1, 0.15) is 41.6 Å². The molecular weight excluding hydrogens is 266 g/mol. The minimum Gasteiger partial charge on any atom is -0.376 e. The second kappa shape index (κ2) is 8.40. The third kappa shape index (κ3) is 5.18. The monoisotopic (exact) mass is 287 g/mol. The number of pyridine rings is 1. The average molecular weight is 287 g/mol. The van der Waals surface area contributed by atoms with Crippen molar-refractivity contribution in [2.75, 3.05) is 19.7 Å². The van der Waals surface area contributed by atoms with E-state index in [1.54, 1.807) is 12.3 Å². The van der Waals surface area contributed by atoms with Gasteiger partial charge in [0.05, 0.1) is 24.8 Å². The van der Waals surface area contributed by atoms with Crippen molar-refractivity contribution in [3.05, 3.63) is 29.6 Å². The molecule has 0 aromatic carbocycles.